The third kappa shape index (κ3) is 2.67. The Balaban J connectivity index is 2.06. The van der Waals surface area contributed by atoms with Gasteiger partial charge in [0.2, 0.25) is 0 Å². The van der Waals surface area contributed by atoms with Crippen LogP contribution >= 0.6 is 0 Å². The maximum Gasteiger partial charge on any atom is 0.428 e. The molecule has 142 valence electrons. The standard InChI is InChI=1S/C13H15F9O2/c1-9(2,12(17,18)19)24-5-23-8-4-6-3-7(8)10(14,11(6,15)16)13(20,21)22/h6-8H,3-5H2,1-2H3. The largest absolute Gasteiger partial charge is 0.428 e. The number of hydrogen-bond donors (Lipinski definition) is 0. The Morgan fingerprint density at radius 1 is 0.958 bits per heavy atom. The normalized spacial score (nSPS) is 36.4. The molecule has 0 spiro atoms. The molecule has 0 amide bonds. The second kappa shape index (κ2) is 5.39. The smallest absolute Gasteiger partial charge is 0.352 e. The van der Waals surface area contributed by atoms with Crippen LogP contribution in [0.15, 0.2) is 0 Å². The van der Waals surface area contributed by atoms with Gasteiger partial charge < -0.3 is 9.47 Å². The van der Waals surface area contributed by atoms with E-state index in [0.29, 0.717) is 13.8 Å². The molecule has 4 atom stereocenters. The minimum absolute atomic E-state index is 0.574. The Hall–Kier alpha value is -0.710. The van der Waals surface area contributed by atoms with Gasteiger partial charge in [-0.25, -0.2) is 13.2 Å². The maximum absolute atomic E-state index is 14.2. The fourth-order valence-electron chi connectivity index (χ4n) is 3.19. The third-order valence-electron chi connectivity index (χ3n) is 4.81. The van der Waals surface area contributed by atoms with Crippen LogP contribution in [0, 0.1) is 11.8 Å². The summed E-state index contributed by atoms with van der Waals surface area (Å²) in [5.74, 6) is -8.66. The van der Waals surface area contributed by atoms with Crippen molar-refractivity contribution >= 4 is 0 Å². The molecule has 2 bridgehead atoms. The second-order valence-corrected chi connectivity index (χ2v) is 6.58. The van der Waals surface area contributed by atoms with E-state index in [9.17, 15) is 39.5 Å². The first-order chi connectivity index (χ1) is 10.6. The molecule has 4 unspecified atom stereocenters. The van der Waals surface area contributed by atoms with E-state index in [0.717, 1.165) is 0 Å². The van der Waals surface area contributed by atoms with Gasteiger partial charge in [-0.1, -0.05) is 0 Å². The van der Waals surface area contributed by atoms with Crippen molar-refractivity contribution in [2.24, 2.45) is 11.8 Å². The highest BCUT2D eigenvalue weighted by Gasteiger charge is 2.84. The molecule has 0 aromatic heterocycles. The monoisotopic (exact) mass is 374 g/mol. The van der Waals surface area contributed by atoms with E-state index in [-0.39, 0.29) is 0 Å². The summed E-state index contributed by atoms with van der Waals surface area (Å²) in [5, 5.41) is 0. The zero-order valence-corrected chi connectivity index (χ0v) is 12.6. The van der Waals surface area contributed by atoms with Gasteiger partial charge in [0.05, 0.1) is 6.10 Å². The molecule has 2 aliphatic rings. The van der Waals surface area contributed by atoms with Crippen LogP contribution in [0.5, 0.6) is 0 Å². The quantitative estimate of drug-likeness (QED) is 0.528. The summed E-state index contributed by atoms with van der Waals surface area (Å²) in [7, 11) is 0. The summed E-state index contributed by atoms with van der Waals surface area (Å²) in [6, 6.07) is 0. The number of ether oxygens (including phenoxy) is 2. The minimum atomic E-state index is -5.82. The van der Waals surface area contributed by atoms with E-state index < -0.39 is 67.1 Å². The zero-order valence-electron chi connectivity index (χ0n) is 12.6. The fraction of sp³-hybridized carbons (Fsp3) is 1.00. The van der Waals surface area contributed by atoms with E-state index in [2.05, 4.69) is 4.74 Å². The van der Waals surface area contributed by atoms with Crippen molar-refractivity contribution in [1.82, 2.24) is 0 Å². The first kappa shape index (κ1) is 19.6. The molecule has 0 aromatic carbocycles. The molecule has 0 aromatic rings. The van der Waals surface area contributed by atoms with Crippen molar-refractivity contribution in [1.29, 1.82) is 0 Å². The molecule has 24 heavy (non-hydrogen) atoms. The Bertz CT molecular complexity index is 485. The lowest BCUT2D eigenvalue weighted by atomic mass is 9.80. The summed E-state index contributed by atoms with van der Waals surface area (Å²) in [6.07, 6.45) is -13.5. The Labute approximate surface area is 131 Å². The topological polar surface area (TPSA) is 18.5 Å². The summed E-state index contributed by atoms with van der Waals surface area (Å²) < 4.78 is 127. The van der Waals surface area contributed by atoms with Crippen LogP contribution in [0.2, 0.25) is 0 Å². The van der Waals surface area contributed by atoms with Crippen molar-refractivity contribution in [2.45, 2.75) is 62.3 Å². The van der Waals surface area contributed by atoms with Crippen molar-refractivity contribution in [3.63, 3.8) is 0 Å². The molecule has 2 aliphatic carbocycles. The van der Waals surface area contributed by atoms with E-state index in [1.54, 1.807) is 0 Å². The van der Waals surface area contributed by atoms with Gasteiger partial charge in [-0.2, -0.15) is 26.3 Å². The highest BCUT2D eigenvalue weighted by molar-refractivity contribution is 5.19. The average molecular weight is 374 g/mol. The van der Waals surface area contributed by atoms with Gasteiger partial charge in [-0.3, -0.25) is 0 Å². The van der Waals surface area contributed by atoms with Gasteiger partial charge in [-0.15, -0.1) is 0 Å². The number of alkyl halides is 9. The van der Waals surface area contributed by atoms with Gasteiger partial charge in [0.1, 0.15) is 6.79 Å². The van der Waals surface area contributed by atoms with Crippen molar-refractivity contribution < 1.29 is 49.0 Å². The molecular formula is C13H15F9O2. The van der Waals surface area contributed by atoms with E-state index in [1.807, 2.05) is 0 Å². The lowest BCUT2D eigenvalue weighted by Gasteiger charge is -2.41. The van der Waals surface area contributed by atoms with Crippen LogP contribution in [0.3, 0.4) is 0 Å². The Morgan fingerprint density at radius 2 is 1.50 bits per heavy atom. The summed E-state index contributed by atoms with van der Waals surface area (Å²) in [4.78, 5) is 0. The lowest BCUT2D eigenvalue weighted by molar-refractivity contribution is -0.336. The molecule has 0 saturated heterocycles. The number of rotatable bonds is 4. The van der Waals surface area contributed by atoms with Crippen molar-refractivity contribution in [3.05, 3.63) is 0 Å². The van der Waals surface area contributed by atoms with E-state index in [1.165, 1.54) is 0 Å². The Morgan fingerprint density at radius 3 is 1.92 bits per heavy atom. The summed E-state index contributed by atoms with van der Waals surface area (Å²) in [5.41, 5.74) is -7.40. The highest BCUT2D eigenvalue weighted by atomic mass is 19.4. The van der Waals surface area contributed by atoms with Gasteiger partial charge in [0.15, 0.2) is 5.60 Å². The fourth-order valence-corrected chi connectivity index (χ4v) is 3.19. The third-order valence-corrected chi connectivity index (χ3v) is 4.81. The first-order valence-electron chi connectivity index (χ1n) is 7.01. The number of hydrogen-bond acceptors (Lipinski definition) is 2. The molecule has 0 aliphatic heterocycles. The van der Waals surface area contributed by atoms with E-state index in [4.69, 9.17) is 4.74 Å². The van der Waals surface area contributed by atoms with Crippen molar-refractivity contribution in [2.75, 3.05) is 6.79 Å². The van der Waals surface area contributed by atoms with Gasteiger partial charge in [0, 0.05) is 11.8 Å². The van der Waals surface area contributed by atoms with Gasteiger partial charge >= 0.3 is 12.4 Å². The summed E-state index contributed by atoms with van der Waals surface area (Å²) in [6.45, 7) is 0.251. The number of halogens is 9. The molecule has 0 N–H and O–H groups in total. The van der Waals surface area contributed by atoms with Gasteiger partial charge in [0.25, 0.3) is 11.6 Å². The van der Waals surface area contributed by atoms with Crippen LogP contribution in [-0.4, -0.2) is 42.4 Å². The predicted molar refractivity (Wildman–Crippen MR) is 62.0 cm³/mol. The maximum atomic E-state index is 14.2. The minimum Gasteiger partial charge on any atom is -0.352 e. The van der Waals surface area contributed by atoms with Crippen molar-refractivity contribution in [3.8, 4) is 0 Å². The van der Waals surface area contributed by atoms with Crippen LogP contribution < -0.4 is 0 Å². The second-order valence-electron chi connectivity index (χ2n) is 6.58. The van der Waals surface area contributed by atoms with E-state index >= 15 is 0 Å². The van der Waals surface area contributed by atoms with Gasteiger partial charge in [-0.05, 0) is 26.7 Å². The summed E-state index contributed by atoms with van der Waals surface area (Å²) >= 11 is 0. The molecule has 2 saturated carbocycles. The molecule has 2 fully saturated rings. The first-order valence-corrected chi connectivity index (χ1v) is 7.01. The molecule has 0 heterocycles. The molecule has 2 rings (SSSR count). The van der Waals surface area contributed by atoms with Crippen LogP contribution in [0.25, 0.3) is 0 Å². The highest BCUT2D eigenvalue weighted by Crippen LogP contribution is 2.66. The molecule has 11 heteroatoms. The molecule has 0 radical (unpaired) electrons. The van der Waals surface area contributed by atoms with Crippen LogP contribution in [0.1, 0.15) is 26.7 Å². The SMILES string of the molecule is CC(C)(OCOC1CC2CC1C(F)(C(F)(F)F)C2(F)F)C(F)(F)F. The Kier molecular flexibility index (Phi) is 4.41. The zero-order chi connectivity index (χ0) is 18.8. The van der Waals surface area contributed by atoms with Crippen LogP contribution in [-0.2, 0) is 9.47 Å². The number of fused-ring (bicyclic) bond motifs is 2. The predicted octanol–water partition coefficient (Wildman–Crippen LogP) is 4.63. The molecule has 2 nitrogen and oxygen atoms in total. The average Bonchev–Trinajstić information content (AvgIpc) is 2.86. The lowest BCUT2D eigenvalue weighted by Crippen LogP contribution is -2.62. The van der Waals surface area contributed by atoms with Crippen LogP contribution in [0.4, 0.5) is 39.5 Å². The molecular weight excluding hydrogens is 359 g/mol.